The van der Waals surface area contributed by atoms with Crippen molar-refractivity contribution < 1.29 is 4.74 Å². The topological polar surface area (TPSA) is 91.0 Å². The molecule has 0 saturated carbocycles. The number of aromatic amines is 1. The third kappa shape index (κ3) is 4.36. The number of hydrogen-bond acceptors (Lipinski definition) is 7. The van der Waals surface area contributed by atoms with Crippen molar-refractivity contribution in [3.8, 4) is 0 Å². The number of aromatic nitrogens is 4. The van der Waals surface area contributed by atoms with Gasteiger partial charge in [0.25, 0.3) is 0 Å². The molecule has 5 heterocycles. The molecule has 164 valence electrons. The molecule has 0 spiro atoms. The molecule has 0 aromatic carbocycles. The number of anilines is 2. The number of ether oxygens (including phenoxy) is 1. The maximum Gasteiger partial charge on any atom is 0.225 e. The van der Waals surface area contributed by atoms with E-state index in [2.05, 4.69) is 56.6 Å². The van der Waals surface area contributed by atoms with Crippen LogP contribution in [0.4, 0.5) is 11.6 Å². The second-order valence-electron chi connectivity index (χ2n) is 8.79. The molecule has 3 aromatic rings. The zero-order valence-electron chi connectivity index (χ0n) is 18.3. The summed E-state index contributed by atoms with van der Waals surface area (Å²) in [6.45, 7) is 8.55. The van der Waals surface area contributed by atoms with E-state index >= 15 is 0 Å². The molecule has 0 amide bonds. The minimum Gasteiger partial charge on any atom is -0.381 e. The fourth-order valence-electron chi connectivity index (χ4n) is 4.87. The summed E-state index contributed by atoms with van der Waals surface area (Å²) in [5, 5.41) is 8.35. The summed E-state index contributed by atoms with van der Waals surface area (Å²) in [6, 6.07) is 4.90. The van der Waals surface area contributed by atoms with Crippen LogP contribution in [0.15, 0.2) is 30.7 Å². The third-order valence-electron chi connectivity index (χ3n) is 6.27. The lowest BCUT2D eigenvalue weighted by atomic mass is 9.91. The van der Waals surface area contributed by atoms with Gasteiger partial charge in [0.15, 0.2) is 0 Å². The Labute approximate surface area is 182 Å². The highest BCUT2D eigenvalue weighted by Crippen LogP contribution is 2.35. The molecule has 3 aromatic heterocycles. The van der Waals surface area contributed by atoms with Gasteiger partial charge in [0.05, 0.1) is 12.2 Å². The maximum absolute atomic E-state index is 5.56. The van der Waals surface area contributed by atoms with Crippen LogP contribution in [0.1, 0.15) is 43.9 Å². The molecule has 2 fully saturated rings. The van der Waals surface area contributed by atoms with E-state index in [1.165, 1.54) is 10.9 Å². The summed E-state index contributed by atoms with van der Waals surface area (Å²) in [5.74, 6) is 1.32. The van der Waals surface area contributed by atoms with E-state index in [1.807, 2.05) is 18.5 Å². The van der Waals surface area contributed by atoms with Crippen molar-refractivity contribution in [3.63, 3.8) is 0 Å². The van der Waals surface area contributed by atoms with Crippen molar-refractivity contribution in [3.05, 3.63) is 42.0 Å². The van der Waals surface area contributed by atoms with Crippen LogP contribution in [0.5, 0.6) is 0 Å². The molecular formula is C23H31N7O. The van der Waals surface area contributed by atoms with Crippen LogP contribution in [0.2, 0.25) is 0 Å². The summed E-state index contributed by atoms with van der Waals surface area (Å²) < 4.78 is 5.56. The molecule has 0 unspecified atom stereocenters. The number of nitrogens with one attached hydrogen (secondary N) is 3. The first kappa shape index (κ1) is 20.2. The van der Waals surface area contributed by atoms with Crippen LogP contribution in [-0.4, -0.2) is 58.3 Å². The lowest BCUT2D eigenvalue weighted by molar-refractivity contribution is 0.0856. The second-order valence-corrected chi connectivity index (χ2v) is 8.79. The number of pyridine rings is 1. The van der Waals surface area contributed by atoms with E-state index in [0.717, 1.165) is 62.1 Å². The van der Waals surface area contributed by atoms with Crippen molar-refractivity contribution in [1.82, 2.24) is 25.3 Å². The molecule has 0 bridgehead atoms. The van der Waals surface area contributed by atoms with Gasteiger partial charge in [0.1, 0.15) is 5.65 Å². The van der Waals surface area contributed by atoms with Gasteiger partial charge < -0.3 is 25.3 Å². The lowest BCUT2D eigenvalue weighted by Gasteiger charge is -2.36. The number of nitrogens with zero attached hydrogens (tertiary/aromatic N) is 4. The van der Waals surface area contributed by atoms with E-state index in [9.17, 15) is 0 Å². The predicted octanol–water partition coefficient (Wildman–Crippen LogP) is 3.05. The fourth-order valence-corrected chi connectivity index (χ4v) is 4.87. The average molecular weight is 422 g/mol. The van der Waals surface area contributed by atoms with Gasteiger partial charge in [0, 0.05) is 68.1 Å². The number of piperazine rings is 1. The van der Waals surface area contributed by atoms with Crippen LogP contribution >= 0.6 is 0 Å². The highest BCUT2D eigenvalue weighted by Gasteiger charge is 2.23. The van der Waals surface area contributed by atoms with Gasteiger partial charge in [-0.05, 0) is 50.3 Å². The van der Waals surface area contributed by atoms with Crippen LogP contribution in [0.3, 0.4) is 0 Å². The second kappa shape index (κ2) is 8.80. The van der Waals surface area contributed by atoms with Gasteiger partial charge in [-0.3, -0.25) is 0 Å². The Kier molecular flexibility index (Phi) is 5.74. The zero-order valence-corrected chi connectivity index (χ0v) is 18.3. The minimum atomic E-state index is 0.427. The van der Waals surface area contributed by atoms with Gasteiger partial charge in [-0.25, -0.2) is 15.0 Å². The first-order valence-corrected chi connectivity index (χ1v) is 11.3. The summed E-state index contributed by atoms with van der Waals surface area (Å²) in [6.07, 6.45) is 7.94. The molecule has 2 aliphatic heterocycles. The molecular weight excluding hydrogens is 390 g/mol. The highest BCUT2D eigenvalue weighted by atomic mass is 16.5. The van der Waals surface area contributed by atoms with Crippen LogP contribution in [0.25, 0.3) is 11.0 Å². The van der Waals surface area contributed by atoms with E-state index < -0.39 is 0 Å². The van der Waals surface area contributed by atoms with Gasteiger partial charge in [-0.2, -0.15) is 0 Å². The monoisotopic (exact) mass is 421 g/mol. The molecule has 5 rings (SSSR count). The van der Waals surface area contributed by atoms with Crippen molar-refractivity contribution in [2.24, 2.45) is 0 Å². The quantitative estimate of drug-likeness (QED) is 0.583. The lowest BCUT2D eigenvalue weighted by Crippen LogP contribution is -2.54. The molecule has 0 aliphatic carbocycles. The first-order valence-electron chi connectivity index (χ1n) is 11.3. The molecule has 31 heavy (non-hydrogen) atoms. The van der Waals surface area contributed by atoms with Crippen molar-refractivity contribution in [2.45, 2.75) is 51.2 Å². The Morgan fingerprint density at radius 1 is 1.10 bits per heavy atom. The summed E-state index contributed by atoms with van der Waals surface area (Å²) in [5.41, 5.74) is 4.34. The fraction of sp³-hybridized carbons (Fsp3) is 0.522. The van der Waals surface area contributed by atoms with E-state index in [0.29, 0.717) is 24.5 Å². The summed E-state index contributed by atoms with van der Waals surface area (Å²) in [7, 11) is 0. The number of hydrogen-bond donors (Lipinski definition) is 3. The standard InChI is InChI=1S/C23H31N7O/c1-15-13-30(14-16(2)28-15)23-25-7-3-18(29-23)11-26-20-4-8-24-22-21(20)19(12-27-22)17-5-9-31-10-6-17/h3-4,7-8,12,15-17,28H,5-6,9-11,13-14H2,1-2H3,(H2,24,26,27)/t15-,16+. The summed E-state index contributed by atoms with van der Waals surface area (Å²) >= 11 is 0. The number of fused-ring (bicyclic) bond motifs is 1. The number of rotatable bonds is 5. The molecule has 2 aliphatic rings. The zero-order chi connectivity index (χ0) is 21.2. The van der Waals surface area contributed by atoms with E-state index in [4.69, 9.17) is 9.72 Å². The highest BCUT2D eigenvalue weighted by molar-refractivity contribution is 5.92. The van der Waals surface area contributed by atoms with Gasteiger partial charge in [0.2, 0.25) is 5.95 Å². The predicted molar refractivity (Wildman–Crippen MR) is 123 cm³/mol. The van der Waals surface area contributed by atoms with Crippen LogP contribution in [0, 0.1) is 0 Å². The largest absolute Gasteiger partial charge is 0.381 e. The van der Waals surface area contributed by atoms with Crippen molar-refractivity contribution in [1.29, 1.82) is 0 Å². The minimum absolute atomic E-state index is 0.427. The molecule has 0 radical (unpaired) electrons. The summed E-state index contributed by atoms with van der Waals surface area (Å²) in [4.78, 5) is 19.5. The Hall–Kier alpha value is -2.71. The molecule has 3 N–H and O–H groups in total. The number of H-pyrrole nitrogens is 1. The Morgan fingerprint density at radius 3 is 2.68 bits per heavy atom. The molecule has 8 heteroatoms. The molecule has 2 saturated heterocycles. The van der Waals surface area contributed by atoms with Gasteiger partial charge in [-0.1, -0.05) is 0 Å². The maximum atomic E-state index is 5.56. The average Bonchev–Trinajstić information content (AvgIpc) is 3.23. The Morgan fingerprint density at radius 2 is 1.87 bits per heavy atom. The van der Waals surface area contributed by atoms with Crippen molar-refractivity contribution in [2.75, 3.05) is 36.5 Å². The smallest absolute Gasteiger partial charge is 0.225 e. The normalized spacial score (nSPS) is 22.7. The Balaban J connectivity index is 1.35. The SMILES string of the molecule is C[C@@H]1CN(c2nccc(CNc3ccnc4[nH]cc(C5CCOCC5)c34)n2)C[C@H](C)N1. The van der Waals surface area contributed by atoms with Gasteiger partial charge >= 0.3 is 0 Å². The molecule has 2 atom stereocenters. The van der Waals surface area contributed by atoms with E-state index in [1.54, 1.807) is 0 Å². The first-order chi connectivity index (χ1) is 15.2. The Bertz CT molecular complexity index is 1020. The van der Waals surface area contributed by atoms with E-state index in [-0.39, 0.29) is 0 Å². The van der Waals surface area contributed by atoms with Crippen LogP contribution in [-0.2, 0) is 11.3 Å². The molecule has 8 nitrogen and oxygen atoms in total. The van der Waals surface area contributed by atoms with Crippen LogP contribution < -0.4 is 15.5 Å². The van der Waals surface area contributed by atoms with Gasteiger partial charge in [-0.15, -0.1) is 0 Å². The van der Waals surface area contributed by atoms with Crippen molar-refractivity contribution >= 4 is 22.7 Å². The third-order valence-corrected chi connectivity index (χ3v) is 6.27.